The number of nitrogens with zero attached hydrogens (tertiary/aromatic N) is 1. The van der Waals surface area contributed by atoms with Gasteiger partial charge < -0.3 is 20.1 Å². The number of carbonyl (C=O) groups is 2. The number of hydrogen-bond donors (Lipinski definition) is 2. The molecular weight excluding hydrogens is 352 g/mol. The third-order valence-corrected chi connectivity index (χ3v) is 6.17. The summed E-state index contributed by atoms with van der Waals surface area (Å²) in [4.78, 5) is 28.1. The third-order valence-electron chi connectivity index (χ3n) is 5.22. The number of hydrogen-bond acceptors (Lipinski definition) is 5. The highest BCUT2D eigenvalue weighted by Gasteiger charge is 2.48. The van der Waals surface area contributed by atoms with Crippen LogP contribution in [0.25, 0.3) is 0 Å². The van der Waals surface area contributed by atoms with Gasteiger partial charge in [-0.15, -0.1) is 11.3 Å². The maximum atomic E-state index is 13.1. The molecule has 7 heteroatoms. The molecule has 3 unspecified atom stereocenters. The van der Waals surface area contributed by atoms with E-state index in [0.29, 0.717) is 13.0 Å². The Morgan fingerprint density at radius 1 is 1.46 bits per heavy atom. The van der Waals surface area contributed by atoms with Crippen molar-refractivity contribution in [3.05, 3.63) is 22.4 Å². The standard InChI is InChI=1S/C19H30N2O4S/c1-5-13(6-2)18(23)21-10-9-19(3,24)17(20-15(22)12-25-4)16(21)14-8-7-11-26-14/h7-8,11,13,16-17,24H,5-6,9-10,12H2,1-4H3,(H,20,22). The van der Waals surface area contributed by atoms with E-state index in [1.54, 1.807) is 6.92 Å². The molecule has 3 atom stereocenters. The van der Waals surface area contributed by atoms with Gasteiger partial charge in [-0.2, -0.15) is 0 Å². The Hall–Kier alpha value is -1.44. The first-order chi connectivity index (χ1) is 12.4. The largest absolute Gasteiger partial charge is 0.388 e. The summed E-state index contributed by atoms with van der Waals surface area (Å²) in [5.41, 5.74) is -1.11. The maximum Gasteiger partial charge on any atom is 0.246 e. The molecule has 146 valence electrons. The number of aliphatic hydroxyl groups is 1. The molecule has 1 aromatic heterocycles. The van der Waals surface area contributed by atoms with Crippen molar-refractivity contribution in [1.29, 1.82) is 0 Å². The van der Waals surface area contributed by atoms with Crippen LogP contribution in [0.1, 0.15) is 51.0 Å². The van der Waals surface area contributed by atoms with Gasteiger partial charge in [0.2, 0.25) is 11.8 Å². The molecule has 6 nitrogen and oxygen atoms in total. The van der Waals surface area contributed by atoms with E-state index in [4.69, 9.17) is 4.74 Å². The van der Waals surface area contributed by atoms with Crippen molar-refractivity contribution in [3.63, 3.8) is 0 Å². The second kappa shape index (κ2) is 8.97. The summed E-state index contributed by atoms with van der Waals surface area (Å²) in [6.07, 6.45) is 1.97. The number of rotatable bonds is 7. The highest BCUT2D eigenvalue weighted by Crippen LogP contribution is 2.39. The average Bonchev–Trinajstić information content (AvgIpc) is 3.11. The van der Waals surface area contributed by atoms with Crippen molar-refractivity contribution in [2.75, 3.05) is 20.3 Å². The van der Waals surface area contributed by atoms with Gasteiger partial charge in [0.15, 0.2) is 0 Å². The zero-order valence-electron chi connectivity index (χ0n) is 16.0. The summed E-state index contributed by atoms with van der Waals surface area (Å²) in [5, 5.41) is 15.8. The first-order valence-electron chi connectivity index (χ1n) is 9.20. The zero-order valence-corrected chi connectivity index (χ0v) is 16.8. The molecule has 0 aliphatic carbocycles. The lowest BCUT2D eigenvalue weighted by atomic mass is 9.81. The van der Waals surface area contributed by atoms with Crippen LogP contribution in [0.2, 0.25) is 0 Å². The van der Waals surface area contributed by atoms with E-state index < -0.39 is 11.6 Å². The number of amides is 2. The van der Waals surface area contributed by atoms with Gasteiger partial charge in [-0.05, 0) is 37.6 Å². The summed E-state index contributed by atoms with van der Waals surface area (Å²) in [5.74, 6) is -0.248. The Morgan fingerprint density at radius 3 is 2.69 bits per heavy atom. The van der Waals surface area contributed by atoms with Gasteiger partial charge in [-0.3, -0.25) is 9.59 Å². The second-order valence-electron chi connectivity index (χ2n) is 7.09. The Bertz CT molecular complexity index is 599. The molecule has 2 rings (SSSR count). The molecule has 1 aromatic rings. The second-order valence-corrected chi connectivity index (χ2v) is 8.07. The maximum absolute atomic E-state index is 13.1. The van der Waals surface area contributed by atoms with E-state index in [1.165, 1.54) is 18.4 Å². The molecule has 0 spiro atoms. The molecule has 1 saturated heterocycles. The SMILES string of the molecule is CCC(CC)C(=O)N1CCC(C)(O)C(NC(=O)COC)C1c1cccs1. The summed E-state index contributed by atoms with van der Waals surface area (Å²) < 4.78 is 4.91. The van der Waals surface area contributed by atoms with Crippen LogP contribution in [-0.4, -0.2) is 53.7 Å². The monoisotopic (exact) mass is 382 g/mol. The van der Waals surface area contributed by atoms with Crippen molar-refractivity contribution in [2.24, 2.45) is 5.92 Å². The predicted molar refractivity (Wildman–Crippen MR) is 102 cm³/mol. The fourth-order valence-electron chi connectivity index (χ4n) is 3.64. The van der Waals surface area contributed by atoms with Gasteiger partial charge in [0.25, 0.3) is 0 Å². The molecule has 0 bridgehead atoms. The zero-order chi connectivity index (χ0) is 19.3. The van der Waals surface area contributed by atoms with Crippen molar-refractivity contribution in [2.45, 2.75) is 57.7 Å². The van der Waals surface area contributed by atoms with Gasteiger partial charge in [0.05, 0.1) is 17.7 Å². The summed E-state index contributed by atoms with van der Waals surface area (Å²) >= 11 is 1.53. The van der Waals surface area contributed by atoms with E-state index in [1.807, 2.05) is 36.3 Å². The normalized spacial score (nSPS) is 26.2. The fourth-order valence-corrected chi connectivity index (χ4v) is 4.51. The van der Waals surface area contributed by atoms with E-state index in [2.05, 4.69) is 5.32 Å². The molecule has 0 aromatic carbocycles. The van der Waals surface area contributed by atoms with Gasteiger partial charge >= 0.3 is 0 Å². The number of methoxy groups -OCH3 is 1. The minimum atomic E-state index is -1.11. The van der Waals surface area contributed by atoms with Crippen LogP contribution in [0.15, 0.2) is 17.5 Å². The van der Waals surface area contributed by atoms with Gasteiger partial charge in [-0.1, -0.05) is 19.9 Å². The Morgan fingerprint density at radius 2 is 2.15 bits per heavy atom. The number of piperidine rings is 1. The minimum Gasteiger partial charge on any atom is -0.388 e. The summed E-state index contributed by atoms with van der Waals surface area (Å²) in [6.45, 7) is 6.16. The number of nitrogens with one attached hydrogen (secondary N) is 1. The van der Waals surface area contributed by atoms with Crippen LogP contribution in [0.4, 0.5) is 0 Å². The molecule has 2 amide bonds. The molecule has 0 saturated carbocycles. The van der Waals surface area contributed by atoms with Crippen LogP contribution in [0, 0.1) is 5.92 Å². The fraction of sp³-hybridized carbons (Fsp3) is 0.684. The average molecular weight is 383 g/mol. The lowest BCUT2D eigenvalue weighted by molar-refractivity contribution is -0.150. The molecule has 1 fully saturated rings. The van der Waals surface area contributed by atoms with Gasteiger partial charge in [-0.25, -0.2) is 0 Å². The van der Waals surface area contributed by atoms with Crippen molar-refractivity contribution >= 4 is 23.2 Å². The Balaban J connectivity index is 2.40. The molecule has 1 aliphatic heterocycles. The Labute approximate surface area is 159 Å². The lowest BCUT2D eigenvalue weighted by Crippen LogP contribution is -2.64. The van der Waals surface area contributed by atoms with Crippen LogP contribution in [-0.2, 0) is 14.3 Å². The third kappa shape index (κ3) is 4.45. The summed E-state index contributed by atoms with van der Waals surface area (Å²) in [6, 6.07) is 2.92. The van der Waals surface area contributed by atoms with E-state index >= 15 is 0 Å². The molecule has 2 heterocycles. The van der Waals surface area contributed by atoms with Crippen LogP contribution >= 0.6 is 11.3 Å². The number of ether oxygens (including phenoxy) is 1. The van der Waals surface area contributed by atoms with Crippen LogP contribution in [0.3, 0.4) is 0 Å². The van der Waals surface area contributed by atoms with Crippen LogP contribution in [0.5, 0.6) is 0 Å². The molecular formula is C19H30N2O4S. The van der Waals surface area contributed by atoms with Gasteiger partial charge in [0.1, 0.15) is 6.61 Å². The first kappa shape index (κ1) is 20.9. The lowest BCUT2D eigenvalue weighted by Gasteiger charge is -2.49. The Kier molecular flexibility index (Phi) is 7.20. The first-order valence-corrected chi connectivity index (χ1v) is 10.1. The van der Waals surface area contributed by atoms with Crippen molar-refractivity contribution in [3.8, 4) is 0 Å². The smallest absolute Gasteiger partial charge is 0.246 e. The van der Waals surface area contributed by atoms with Crippen LogP contribution < -0.4 is 5.32 Å². The minimum absolute atomic E-state index is 0.0455. The molecule has 0 radical (unpaired) electrons. The predicted octanol–water partition coefficient (Wildman–Crippen LogP) is 2.34. The number of carbonyl (C=O) groups excluding carboxylic acids is 2. The quantitative estimate of drug-likeness (QED) is 0.759. The van der Waals surface area contributed by atoms with E-state index in [0.717, 1.165) is 17.7 Å². The van der Waals surface area contributed by atoms with Crippen molar-refractivity contribution in [1.82, 2.24) is 10.2 Å². The number of thiophene rings is 1. The van der Waals surface area contributed by atoms with Crippen molar-refractivity contribution < 1.29 is 19.4 Å². The van der Waals surface area contributed by atoms with E-state index in [9.17, 15) is 14.7 Å². The van der Waals surface area contributed by atoms with E-state index in [-0.39, 0.29) is 30.4 Å². The molecule has 2 N–H and O–H groups in total. The molecule has 26 heavy (non-hydrogen) atoms. The highest BCUT2D eigenvalue weighted by atomic mass is 32.1. The topological polar surface area (TPSA) is 78.9 Å². The highest BCUT2D eigenvalue weighted by molar-refractivity contribution is 7.10. The summed E-state index contributed by atoms with van der Waals surface area (Å²) in [7, 11) is 1.46. The molecule has 1 aliphatic rings. The number of likely N-dealkylation sites (tertiary alicyclic amines) is 1. The van der Waals surface area contributed by atoms with Gasteiger partial charge in [0, 0.05) is 24.4 Å².